The highest BCUT2D eigenvalue weighted by Gasteiger charge is 2.58. The largest absolute Gasteiger partial charge is 0.394 e. The summed E-state index contributed by atoms with van der Waals surface area (Å²) in [6, 6.07) is -0.947. The van der Waals surface area contributed by atoms with Gasteiger partial charge in [-0.05, 0) is 0 Å². The summed E-state index contributed by atoms with van der Waals surface area (Å²) < 4.78 is 5.29. The molecule has 3 heterocycles. The second-order valence-electron chi connectivity index (χ2n) is 4.81. The molecule has 11 nitrogen and oxygen atoms in total. The fourth-order valence-electron chi connectivity index (χ4n) is 2.51. The summed E-state index contributed by atoms with van der Waals surface area (Å²) in [7, 11) is 0. The second kappa shape index (κ2) is 4.46. The number of nitrogens with two attached hydrogens (primary N) is 1. The quantitative estimate of drug-likeness (QED) is 0.351. The molecule has 4 unspecified atom stereocenters. The van der Waals surface area contributed by atoms with E-state index in [2.05, 4.69) is 15.3 Å². The van der Waals surface area contributed by atoms with Gasteiger partial charge in [-0.15, -0.1) is 0 Å². The molecule has 3 rings (SSSR count). The van der Waals surface area contributed by atoms with Crippen molar-refractivity contribution in [1.82, 2.24) is 10.2 Å². The summed E-state index contributed by atoms with van der Waals surface area (Å²) in [4.78, 5) is 31.5. The number of aliphatic hydroxyl groups excluding tert-OH is 2. The van der Waals surface area contributed by atoms with E-state index in [1.807, 2.05) is 0 Å². The third-order valence-corrected chi connectivity index (χ3v) is 3.47. The first kappa shape index (κ1) is 13.9. The van der Waals surface area contributed by atoms with E-state index in [-0.39, 0.29) is 12.4 Å². The lowest BCUT2D eigenvalue weighted by Crippen LogP contribution is -2.63. The number of fused-ring (bicyclic) bond motifs is 1. The van der Waals surface area contributed by atoms with E-state index in [4.69, 9.17) is 15.6 Å². The van der Waals surface area contributed by atoms with Gasteiger partial charge in [-0.25, -0.2) is 9.69 Å². The van der Waals surface area contributed by atoms with E-state index < -0.39 is 48.5 Å². The fourth-order valence-corrected chi connectivity index (χ4v) is 2.51. The van der Waals surface area contributed by atoms with E-state index in [0.29, 0.717) is 4.90 Å². The lowest BCUT2D eigenvalue weighted by Gasteiger charge is -2.35. The minimum Gasteiger partial charge on any atom is -0.394 e. The summed E-state index contributed by atoms with van der Waals surface area (Å²) in [5.74, 6) is -3.60. The molecule has 6 N–H and O–H groups in total. The normalized spacial score (nSPS) is 39.0. The number of ether oxygens (including phenoxy) is 1. The van der Waals surface area contributed by atoms with Crippen molar-refractivity contribution in [3.8, 4) is 0 Å². The Bertz CT molecular complexity index is 576. The zero-order chi connectivity index (χ0) is 15.4. The lowest BCUT2D eigenvalue weighted by molar-refractivity contribution is -0.130. The minimum absolute atomic E-state index is 0.0703. The van der Waals surface area contributed by atoms with Crippen LogP contribution in [0.25, 0.3) is 0 Å². The maximum absolute atomic E-state index is 12.0. The third kappa shape index (κ3) is 1.90. The number of aliphatic imine (C=N–C) groups is 2. The topological polar surface area (TPSA) is 170 Å². The van der Waals surface area contributed by atoms with Crippen molar-refractivity contribution in [3.05, 3.63) is 0 Å². The van der Waals surface area contributed by atoms with Crippen LogP contribution in [0.2, 0.25) is 0 Å². The van der Waals surface area contributed by atoms with Crippen molar-refractivity contribution >= 4 is 23.6 Å². The van der Waals surface area contributed by atoms with Crippen LogP contribution in [0.4, 0.5) is 4.79 Å². The Morgan fingerprint density at radius 1 is 1.52 bits per heavy atom. The molecule has 3 aliphatic heterocycles. The van der Waals surface area contributed by atoms with E-state index in [1.54, 1.807) is 0 Å². The Kier molecular flexibility index (Phi) is 2.95. The average Bonchev–Trinajstić information content (AvgIpc) is 2.86. The Hall–Kier alpha value is -2.08. The molecule has 11 heteroatoms. The second-order valence-corrected chi connectivity index (χ2v) is 4.81. The van der Waals surface area contributed by atoms with Gasteiger partial charge in [-0.1, -0.05) is 0 Å². The van der Waals surface area contributed by atoms with E-state index in [9.17, 15) is 19.8 Å². The van der Waals surface area contributed by atoms with Crippen LogP contribution in [0.5, 0.6) is 0 Å². The lowest BCUT2D eigenvalue weighted by atomic mass is 10.1. The first-order valence-electron chi connectivity index (χ1n) is 6.12. The summed E-state index contributed by atoms with van der Waals surface area (Å²) in [6.07, 6.45) is -3.11. The van der Waals surface area contributed by atoms with E-state index >= 15 is 0 Å². The third-order valence-electron chi connectivity index (χ3n) is 3.47. The van der Waals surface area contributed by atoms with Crippen molar-refractivity contribution in [2.24, 2.45) is 15.7 Å². The Labute approximate surface area is 117 Å². The molecule has 1 saturated heterocycles. The average molecular weight is 299 g/mol. The van der Waals surface area contributed by atoms with Gasteiger partial charge in [0.1, 0.15) is 12.3 Å². The van der Waals surface area contributed by atoms with Gasteiger partial charge in [0.25, 0.3) is 11.8 Å². The Morgan fingerprint density at radius 2 is 2.24 bits per heavy atom. The Morgan fingerprint density at radius 3 is 2.86 bits per heavy atom. The molecule has 114 valence electrons. The number of urea groups is 1. The molecule has 0 aromatic heterocycles. The summed E-state index contributed by atoms with van der Waals surface area (Å²) in [5.41, 5.74) is 4.87. The molecule has 0 bridgehead atoms. The van der Waals surface area contributed by atoms with Crippen molar-refractivity contribution in [2.45, 2.75) is 30.7 Å². The summed E-state index contributed by atoms with van der Waals surface area (Å²) in [6.45, 7) is -0.461. The maximum Gasteiger partial charge on any atom is 0.350 e. The smallest absolute Gasteiger partial charge is 0.350 e. The Balaban J connectivity index is 1.96. The van der Waals surface area contributed by atoms with Crippen molar-refractivity contribution < 1.29 is 29.6 Å². The van der Waals surface area contributed by atoms with Gasteiger partial charge < -0.3 is 25.8 Å². The van der Waals surface area contributed by atoms with Gasteiger partial charge in [-0.3, -0.25) is 10.1 Å². The molecule has 0 aliphatic carbocycles. The van der Waals surface area contributed by atoms with Crippen LogP contribution in [0.1, 0.15) is 6.42 Å². The van der Waals surface area contributed by atoms with Crippen LogP contribution < -0.4 is 11.1 Å². The number of hydrogen-bond donors (Lipinski definition) is 5. The molecule has 0 spiro atoms. The van der Waals surface area contributed by atoms with Crippen LogP contribution in [-0.4, -0.2) is 74.7 Å². The molecule has 0 saturated carbocycles. The summed E-state index contributed by atoms with van der Waals surface area (Å²) in [5, 5.41) is 31.4. The van der Waals surface area contributed by atoms with Gasteiger partial charge in [0.05, 0.1) is 12.7 Å². The van der Waals surface area contributed by atoms with Gasteiger partial charge in [0.15, 0.2) is 11.7 Å². The standard InChI is InChI=1S/C10H13N5O6/c11-8-13-7(18)6-10(20,14-8)15(9(19)12-6)5-1-3(17)4(2-16)21-5/h3-5,16-17,20H,1-2H2,(H3,11,13,14,18). The number of aliphatic hydroxyl groups is 3. The first-order valence-corrected chi connectivity index (χ1v) is 6.12. The maximum atomic E-state index is 12.0. The molecular formula is C10H13N5O6. The molecule has 4 atom stereocenters. The van der Waals surface area contributed by atoms with Crippen molar-refractivity contribution in [1.29, 1.82) is 0 Å². The predicted octanol–water partition coefficient (Wildman–Crippen LogP) is -3.58. The molecule has 0 aromatic carbocycles. The first-order chi connectivity index (χ1) is 9.86. The number of nitrogens with zero attached hydrogens (tertiary/aromatic N) is 3. The van der Waals surface area contributed by atoms with Crippen LogP contribution in [-0.2, 0) is 9.53 Å². The fraction of sp³-hybridized carbons (Fsp3) is 0.600. The number of nitrogens with one attached hydrogen (secondary N) is 1. The number of rotatable bonds is 2. The number of guanidine groups is 1. The van der Waals surface area contributed by atoms with Gasteiger partial charge in [0, 0.05) is 6.42 Å². The highest BCUT2D eigenvalue weighted by molar-refractivity contribution is 6.48. The minimum atomic E-state index is -2.38. The monoisotopic (exact) mass is 299 g/mol. The molecule has 0 radical (unpaired) electrons. The predicted molar refractivity (Wildman–Crippen MR) is 65.8 cm³/mol. The molecule has 0 aromatic rings. The molecule has 1 fully saturated rings. The molecule has 3 amide bonds. The summed E-state index contributed by atoms with van der Waals surface area (Å²) >= 11 is 0. The molecule has 3 aliphatic rings. The number of hydrogen-bond acceptors (Lipinski definition) is 8. The number of amides is 3. The zero-order valence-corrected chi connectivity index (χ0v) is 10.6. The highest BCUT2D eigenvalue weighted by Crippen LogP contribution is 2.34. The van der Waals surface area contributed by atoms with Gasteiger partial charge >= 0.3 is 6.03 Å². The number of carbonyl (C=O) groups is 2. The van der Waals surface area contributed by atoms with Crippen LogP contribution in [0, 0.1) is 0 Å². The van der Waals surface area contributed by atoms with Crippen LogP contribution in [0.15, 0.2) is 9.98 Å². The van der Waals surface area contributed by atoms with E-state index in [1.165, 1.54) is 0 Å². The van der Waals surface area contributed by atoms with Gasteiger partial charge in [-0.2, -0.15) is 9.98 Å². The van der Waals surface area contributed by atoms with Crippen LogP contribution in [0.3, 0.4) is 0 Å². The van der Waals surface area contributed by atoms with E-state index in [0.717, 1.165) is 0 Å². The van der Waals surface area contributed by atoms with Crippen LogP contribution >= 0.6 is 0 Å². The molecule has 21 heavy (non-hydrogen) atoms. The molecular weight excluding hydrogens is 286 g/mol. The zero-order valence-electron chi connectivity index (χ0n) is 10.6. The highest BCUT2D eigenvalue weighted by atomic mass is 16.6. The van der Waals surface area contributed by atoms with Crippen molar-refractivity contribution in [3.63, 3.8) is 0 Å². The number of carbonyl (C=O) groups excluding carboxylic acids is 2. The SMILES string of the molecule is NC1=NC2(O)C(=NC(=O)N2C2CC(O)C(CO)O2)C(=O)N1. The van der Waals surface area contributed by atoms with Crippen molar-refractivity contribution in [2.75, 3.05) is 6.61 Å². The van der Waals surface area contributed by atoms with Gasteiger partial charge in [0.2, 0.25) is 0 Å².